The minimum atomic E-state index is 0.499. The summed E-state index contributed by atoms with van der Waals surface area (Å²) >= 11 is 0. The average molecular weight is 175 g/mol. The molecule has 0 atom stereocenters. The van der Waals surface area contributed by atoms with Crippen molar-refractivity contribution in [3.05, 3.63) is 30.6 Å². The Kier molecular flexibility index (Phi) is 1.70. The summed E-state index contributed by atoms with van der Waals surface area (Å²) in [6.45, 7) is 1.88. The number of aromatic nitrogens is 4. The average Bonchev–Trinajstić information content (AvgIpc) is 2.62. The topological polar surface area (TPSA) is 69.6 Å². The lowest BCUT2D eigenvalue weighted by Gasteiger charge is -2.05. The van der Waals surface area contributed by atoms with Gasteiger partial charge in [-0.15, -0.1) is 0 Å². The van der Waals surface area contributed by atoms with E-state index in [4.69, 9.17) is 5.73 Å². The van der Waals surface area contributed by atoms with E-state index in [0.717, 1.165) is 11.4 Å². The van der Waals surface area contributed by atoms with Gasteiger partial charge in [-0.3, -0.25) is 4.57 Å². The lowest BCUT2D eigenvalue weighted by Crippen LogP contribution is -2.03. The van der Waals surface area contributed by atoms with Gasteiger partial charge in [0.25, 0.3) is 0 Å². The second-order valence-corrected chi connectivity index (χ2v) is 2.68. The number of nitrogens with zero attached hydrogens (tertiary/aromatic N) is 4. The summed E-state index contributed by atoms with van der Waals surface area (Å²) in [7, 11) is 0. The van der Waals surface area contributed by atoms with Gasteiger partial charge in [0.1, 0.15) is 24.3 Å². The van der Waals surface area contributed by atoms with Crippen LogP contribution in [0.2, 0.25) is 0 Å². The molecule has 5 nitrogen and oxygen atoms in total. The molecule has 0 aliphatic rings. The molecule has 2 heterocycles. The SMILES string of the molecule is Cc1c(N)ncnc1-n1ccnc1. The predicted octanol–water partition coefficient (Wildman–Crippen LogP) is 0.553. The molecule has 0 aromatic carbocycles. The van der Waals surface area contributed by atoms with Crippen LogP contribution < -0.4 is 5.73 Å². The Labute approximate surface area is 75.3 Å². The summed E-state index contributed by atoms with van der Waals surface area (Å²) in [5, 5.41) is 0. The molecule has 0 saturated carbocycles. The molecule has 0 spiro atoms. The van der Waals surface area contributed by atoms with E-state index in [1.807, 2.05) is 13.1 Å². The van der Waals surface area contributed by atoms with E-state index in [1.54, 1.807) is 17.1 Å². The fourth-order valence-corrected chi connectivity index (χ4v) is 1.10. The molecular formula is C8H9N5. The Morgan fingerprint density at radius 2 is 2.23 bits per heavy atom. The van der Waals surface area contributed by atoms with Crippen molar-refractivity contribution in [2.75, 3.05) is 5.73 Å². The first-order chi connectivity index (χ1) is 6.29. The third-order valence-electron chi connectivity index (χ3n) is 1.85. The molecule has 0 radical (unpaired) electrons. The number of rotatable bonds is 1. The maximum absolute atomic E-state index is 5.64. The number of hydrogen-bond donors (Lipinski definition) is 1. The van der Waals surface area contributed by atoms with Crippen LogP contribution in [0.5, 0.6) is 0 Å². The van der Waals surface area contributed by atoms with E-state index < -0.39 is 0 Å². The molecule has 0 fully saturated rings. The Bertz CT molecular complexity index is 406. The number of nitrogens with two attached hydrogens (primary N) is 1. The maximum Gasteiger partial charge on any atom is 0.146 e. The van der Waals surface area contributed by atoms with Gasteiger partial charge in [-0.05, 0) is 6.92 Å². The number of hydrogen-bond acceptors (Lipinski definition) is 4. The van der Waals surface area contributed by atoms with Crippen molar-refractivity contribution in [1.82, 2.24) is 19.5 Å². The van der Waals surface area contributed by atoms with Gasteiger partial charge in [-0.25, -0.2) is 15.0 Å². The van der Waals surface area contributed by atoms with Gasteiger partial charge < -0.3 is 5.73 Å². The summed E-state index contributed by atoms with van der Waals surface area (Å²) in [6, 6.07) is 0. The predicted molar refractivity (Wildman–Crippen MR) is 48.3 cm³/mol. The first-order valence-electron chi connectivity index (χ1n) is 3.84. The molecule has 0 saturated heterocycles. The van der Waals surface area contributed by atoms with Crippen LogP contribution in [0.15, 0.2) is 25.0 Å². The van der Waals surface area contributed by atoms with Gasteiger partial charge in [0, 0.05) is 18.0 Å². The van der Waals surface area contributed by atoms with Crippen LogP contribution in [0.3, 0.4) is 0 Å². The molecule has 2 aromatic heterocycles. The third-order valence-corrected chi connectivity index (χ3v) is 1.85. The molecule has 0 aliphatic heterocycles. The monoisotopic (exact) mass is 175 g/mol. The van der Waals surface area contributed by atoms with E-state index in [9.17, 15) is 0 Å². The third kappa shape index (κ3) is 1.24. The summed E-state index contributed by atoms with van der Waals surface area (Å²) in [5.41, 5.74) is 6.50. The zero-order valence-corrected chi connectivity index (χ0v) is 7.18. The van der Waals surface area contributed by atoms with Crippen LogP contribution in [0.25, 0.3) is 5.82 Å². The Morgan fingerprint density at radius 3 is 2.92 bits per heavy atom. The molecule has 5 heteroatoms. The van der Waals surface area contributed by atoms with Crippen molar-refractivity contribution >= 4 is 5.82 Å². The van der Waals surface area contributed by atoms with E-state index in [0.29, 0.717) is 5.82 Å². The second-order valence-electron chi connectivity index (χ2n) is 2.68. The number of nitrogen functional groups attached to an aromatic ring is 1. The van der Waals surface area contributed by atoms with Gasteiger partial charge >= 0.3 is 0 Å². The highest BCUT2D eigenvalue weighted by Gasteiger charge is 2.04. The zero-order valence-electron chi connectivity index (χ0n) is 7.18. The maximum atomic E-state index is 5.64. The Morgan fingerprint density at radius 1 is 1.38 bits per heavy atom. The van der Waals surface area contributed by atoms with Crippen molar-refractivity contribution in [2.24, 2.45) is 0 Å². The molecule has 2 N–H and O–H groups in total. The lowest BCUT2D eigenvalue weighted by atomic mass is 10.3. The highest BCUT2D eigenvalue weighted by Crippen LogP contribution is 2.13. The molecule has 13 heavy (non-hydrogen) atoms. The van der Waals surface area contributed by atoms with Gasteiger partial charge in [-0.2, -0.15) is 0 Å². The molecule has 0 aliphatic carbocycles. The van der Waals surface area contributed by atoms with E-state index in [1.165, 1.54) is 6.33 Å². The Balaban J connectivity index is 2.59. The van der Waals surface area contributed by atoms with Crippen molar-refractivity contribution in [3.63, 3.8) is 0 Å². The second kappa shape index (κ2) is 2.85. The highest BCUT2D eigenvalue weighted by molar-refractivity contribution is 5.47. The largest absolute Gasteiger partial charge is 0.383 e. The van der Waals surface area contributed by atoms with Crippen molar-refractivity contribution in [3.8, 4) is 5.82 Å². The van der Waals surface area contributed by atoms with Gasteiger partial charge in [-0.1, -0.05) is 0 Å². The van der Waals surface area contributed by atoms with Crippen molar-refractivity contribution < 1.29 is 0 Å². The van der Waals surface area contributed by atoms with Gasteiger partial charge in [0.05, 0.1) is 0 Å². The minimum Gasteiger partial charge on any atom is -0.383 e. The summed E-state index contributed by atoms with van der Waals surface area (Å²) < 4.78 is 1.80. The van der Waals surface area contributed by atoms with Crippen LogP contribution in [0.1, 0.15) is 5.56 Å². The van der Waals surface area contributed by atoms with Crippen LogP contribution >= 0.6 is 0 Å². The molecular weight excluding hydrogens is 166 g/mol. The normalized spacial score (nSPS) is 10.2. The first kappa shape index (κ1) is 7.72. The van der Waals surface area contributed by atoms with Crippen LogP contribution in [0.4, 0.5) is 5.82 Å². The molecule has 2 rings (SSSR count). The van der Waals surface area contributed by atoms with E-state index >= 15 is 0 Å². The van der Waals surface area contributed by atoms with Crippen molar-refractivity contribution in [1.29, 1.82) is 0 Å². The summed E-state index contributed by atoms with van der Waals surface area (Å²) in [5.74, 6) is 1.27. The molecule has 66 valence electrons. The lowest BCUT2D eigenvalue weighted by molar-refractivity contribution is 0.954. The molecule has 2 aromatic rings. The minimum absolute atomic E-state index is 0.499. The number of imidazole rings is 1. The molecule has 0 bridgehead atoms. The van der Waals surface area contributed by atoms with Crippen molar-refractivity contribution in [2.45, 2.75) is 6.92 Å². The highest BCUT2D eigenvalue weighted by atomic mass is 15.1. The number of anilines is 1. The van der Waals surface area contributed by atoms with Gasteiger partial charge in [0.15, 0.2) is 0 Å². The van der Waals surface area contributed by atoms with Gasteiger partial charge in [0.2, 0.25) is 0 Å². The zero-order chi connectivity index (χ0) is 9.26. The fraction of sp³-hybridized carbons (Fsp3) is 0.125. The summed E-state index contributed by atoms with van der Waals surface area (Å²) in [4.78, 5) is 11.9. The molecule has 0 unspecified atom stereocenters. The van der Waals surface area contributed by atoms with E-state index in [2.05, 4.69) is 15.0 Å². The van der Waals surface area contributed by atoms with Crippen LogP contribution in [-0.2, 0) is 0 Å². The van der Waals surface area contributed by atoms with Crippen LogP contribution in [0, 0.1) is 6.92 Å². The first-order valence-corrected chi connectivity index (χ1v) is 3.84. The molecule has 0 amide bonds. The fourth-order valence-electron chi connectivity index (χ4n) is 1.10. The van der Waals surface area contributed by atoms with E-state index in [-0.39, 0.29) is 0 Å². The summed E-state index contributed by atoms with van der Waals surface area (Å²) in [6.07, 6.45) is 6.62. The quantitative estimate of drug-likeness (QED) is 0.687. The Hall–Kier alpha value is -1.91. The smallest absolute Gasteiger partial charge is 0.146 e. The standard InChI is InChI=1S/C8H9N5/c1-6-7(9)11-4-12-8(6)13-3-2-10-5-13/h2-5H,1H3,(H2,9,11,12). The van der Waals surface area contributed by atoms with Crippen LogP contribution in [-0.4, -0.2) is 19.5 Å².